The van der Waals surface area contributed by atoms with Crippen molar-refractivity contribution in [1.82, 2.24) is 0 Å². The van der Waals surface area contributed by atoms with Crippen molar-refractivity contribution < 1.29 is 9.31 Å². The lowest BCUT2D eigenvalue weighted by Gasteiger charge is -2.32. The Hall–Kier alpha value is -2.36. The van der Waals surface area contributed by atoms with Crippen LogP contribution in [0.4, 0.5) is 0 Å². The first-order chi connectivity index (χ1) is 15.7. The van der Waals surface area contributed by atoms with Crippen molar-refractivity contribution in [3.8, 4) is 22.3 Å². The predicted molar refractivity (Wildman–Crippen MR) is 142 cm³/mol. The Morgan fingerprint density at radius 3 is 1.50 bits per heavy atom. The molecule has 0 radical (unpaired) electrons. The lowest BCUT2D eigenvalue weighted by atomic mass is 9.74. The lowest BCUT2D eigenvalue weighted by molar-refractivity contribution is 0.00578. The largest absolute Gasteiger partial charge is 0.494 e. The van der Waals surface area contributed by atoms with Crippen LogP contribution in [0.25, 0.3) is 22.3 Å². The summed E-state index contributed by atoms with van der Waals surface area (Å²) in [6.07, 6.45) is 0. The second-order valence-electron chi connectivity index (χ2n) is 12.6. The summed E-state index contributed by atoms with van der Waals surface area (Å²) < 4.78 is 12.7. The molecule has 0 saturated carbocycles. The molecular weight excluding hydrogens is 415 g/mol. The van der Waals surface area contributed by atoms with E-state index in [4.69, 9.17) is 9.31 Å². The Labute approximate surface area is 204 Å². The van der Waals surface area contributed by atoms with E-state index < -0.39 is 0 Å². The van der Waals surface area contributed by atoms with E-state index in [-0.39, 0.29) is 29.2 Å². The number of hydrogen-bond donors (Lipinski definition) is 0. The van der Waals surface area contributed by atoms with Gasteiger partial charge in [-0.05, 0) is 96.7 Å². The topological polar surface area (TPSA) is 18.5 Å². The van der Waals surface area contributed by atoms with Crippen LogP contribution in [0, 0.1) is 6.92 Å². The molecule has 6 rings (SSSR count). The Kier molecular flexibility index (Phi) is 4.19. The molecule has 2 aliphatic carbocycles. The standard InChI is InChI=1S/C31H35BO2/c1-18-10-12-20-22-16-27-23(17-26(22)28(2,3)24(20)14-18)21-13-11-19(15-25(21)29(27,4)5)32-33-30(6,7)31(8,9)34-32/h10-17H,1-9H3. The minimum absolute atomic E-state index is 0.00124. The highest BCUT2D eigenvalue weighted by atomic mass is 16.7. The van der Waals surface area contributed by atoms with Gasteiger partial charge >= 0.3 is 7.12 Å². The fourth-order valence-corrected chi connectivity index (χ4v) is 6.22. The van der Waals surface area contributed by atoms with Gasteiger partial charge in [0.15, 0.2) is 0 Å². The first-order valence-electron chi connectivity index (χ1n) is 12.5. The normalized spacial score (nSPS) is 21.7. The van der Waals surface area contributed by atoms with Gasteiger partial charge in [0.2, 0.25) is 0 Å². The van der Waals surface area contributed by atoms with Crippen LogP contribution in [0.5, 0.6) is 0 Å². The molecule has 1 heterocycles. The minimum atomic E-state index is -0.340. The predicted octanol–water partition coefficient (Wildman–Crippen LogP) is 6.91. The third-order valence-electron chi connectivity index (χ3n) is 9.18. The highest BCUT2D eigenvalue weighted by Crippen LogP contribution is 2.56. The second kappa shape index (κ2) is 6.44. The number of fused-ring (bicyclic) bond motifs is 6. The maximum atomic E-state index is 6.37. The summed E-state index contributed by atoms with van der Waals surface area (Å²) in [7, 11) is -0.339. The first-order valence-corrected chi connectivity index (χ1v) is 12.5. The zero-order valence-electron chi connectivity index (χ0n) is 22.0. The molecule has 1 saturated heterocycles. The van der Waals surface area contributed by atoms with Crippen LogP contribution in [0.1, 0.15) is 83.2 Å². The van der Waals surface area contributed by atoms with Crippen LogP contribution in [-0.4, -0.2) is 18.3 Å². The van der Waals surface area contributed by atoms with E-state index >= 15 is 0 Å². The van der Waals surface area contributed by atoms with Crippen LogP contribution in [0.2, 0.25) is 0 Å². The van der Waals surface area contributed by atoms with E-state index in [1.165, 1.54) is 50.1 Å². The molecule has 0 aromatic heterocycles. The molecule has 174 valence electrons. The maximum Gasteiger partial charge on any atom is 0.494 e. The summed E-state index contributed by atoms with van der Waals surface area (Å²) in [4.78, 5) is 0. The van der Waals surface area contributed by atoms with Crippen molar-refractivity contribution in [3.63, 3.8) is 0 Å². The van der Waals surface area contributed by atoms with Crippen LogP contribution in [-0.2, 0) is 20.1 Å². The van der Waals surface area contributed by atoms with Gasteiger partial charge in [0.1, 0.15) is 0 Å². The van der Waals surface area contributed by atoms with E-state index in [9.17, 15) is 0 Å². The molecular formula is C31H35BO2. The molecule has 1 fully saturated rings. The van der Waals surface area contributed by atoms with E-state index in [1.807, 2.05) is 0 Å². The molecule has 0 amide bonds. The highest BCUT2D eigenvalue weighted by Gasteiger charge is 2.52. The van der Waals surface area contributed by atoms with Crippen LogP contribution < -0.4 is 5.46 Å². The van der Waals surface area contributed by atoms with E-state index in [2.05, 4.69) is 111 Å². The van der Waals surface area contributed by atoms with Crippen molar-refractivity contribution >= 4 is 12.6 Å². The van der Waals surface area contributed by atoms with E-state index in [0.717, 1.165) is 5.46 Å². The summed E-state index contributed by atoms with van der Waals surface area (Å²) in [6, 6.07) is 18.7. The van der Waals surface area contributed by atoms with Crippen molar-refractivity contribution in [1.29, 1.82) is 0 Å². The average Bonchev–Trinajstić information content (AvgIpc) is 3.21. The smallest absolute Gasteiger partial charge is 0.399 e. The molecule has 0 unspecified atom stereocenters. The average molecular weight is 450 g/mol. The van der Waals surface area contributed by atoms with Gasteiger partial charge in [-0.25, -0.2) is 0 Å². The molecule has 0 atom stereocenters. The van der Waals surface area contributed by atoms with Crippen LogP contribution in [0.15, 0.2) is 48.5 Å². The zero-order valence-corrected chi connectivity index (χ0v) is 22.0. The molecule has 3 heteroatoms. The fraction of sp³-hybridized carbons (Fsp3) is 0.419. The molecule has 0 spiro atoms. The minimum Gasteiger partial charge on any atom is -0.399 e. The monoisotopic (exact) mass is 450 g/mol. The summed E-state index contributed by atoms with van der Waals surface area (Å²) in [5, 5.41) is 0. The summed E-state index contributed by atoms with van der Waals surface area (Å²) in [5.41, 5.74) is 12.8. The molecule has 3 aromatic rings. The summed E-state index contributed by atoms with van der Waals surface area (Å²) in [6.45, 7) is 20.1. The zero-order chi connectivity index (χ0) is 24.4. The highest BCUT2D eigenvalue weighted by molar-refractivity contribution is 6.62. The Morgan fingerprint density at radius 2 is 0.971 bits per heavy atom. The molecule has 1 aliphatic heterocycles. The van der Waals surface area contributed by atoms with Gasteiger partial charge in [-0.2, -0.15) is 0 Å². The van der Waals surface area contributed by atoms with Crippen molar-refractivity contribution in [2.45, 2.75) is 84.3 Å². The summed E-state index contributed by atoms with van der Waals surface area (Å²) >= 11 is 0. The van der Waals surface area contributed by atoms with Crippen LogP contribution in [0.3, 0.4) is 0 Å². The van der Waals surface area contributed by atoms with Gasteiger partial charge in [0.25, 0.3) is 0 Å². The van der Waals surface area contributed by atoms with Crippen molar-refractivity contribution in [3.05, 3.63) is 76.3 Å². The van der Waals surface area contributed by atoms with Crippen molar-refractivity contribution in [2.75, 3.05) is 0 Å². The SMILES string of the molecule is Cc1ccc2c(c1)C(C)(C)c1cc3c(cc1-2)C(C)(C)c1cc(B2OC(C)(C)C(C)(C)O2)ccc1-3. The Morgan fingerprint density at radius 1 is 0.529 bits per heavy atom. The maximum absolute atomic E-state index is 6.37. The quantitative estimate of drug-likeness (QED) is 0.375. The summed E-state index contributed by atoms with van der Waals surface area (Å²) in [5.74, 6) is 0. The molecule has 2 nitrogen and oxygen atoms in total. The van der Waals surface area contributed by atoms with E-state index in [0.29, 0.717) is 0 Å². The van der Waals surface area contributed by atoms with Gasteiger partial charge in [0.05, 0.1) is 11.2 Å². The van der Waals surface area contributed by atoms with Crippen molar-refractivity contribution in [2.24, 2.45) is 0 Å². The molecule has 3 aliphatic rings. The van der Waals surface area contributed by atoms with Gasteiger partial charge in [-0.15, -0.1) is 0 Å². The Balaban J connectivity index is 1.48. The third kappa shape index (κ3) is 2.72. The van der Waals surface area contributed by atoms with Gasteiger partial charge in [0, 0.05) is 10.8 Å². The fourth-order valence-electron chi connectivity index (χ4n) is 6.22. The molecule has 0 N–H and O–H groups in total. The third-order valence-corrected chi connectivity index (χ3v) is 9.18. The molecule has 0 bridgehead atoms. The van der Waals surface area contributed by atoms with Gasteiger partial charge < -0.3 is 9.31 Å². The lowest BCUT2D eigenvalue weighted by Crippen LogP contribution is -2.41. The molecule has 34 heavy (non-hydrogen) atoms. The number of hydrogen-bond acceptors (Lipinski definition) is 2. The number of benzene rings is 3. The molecule has 3 aromatic carbocycles. The number of rotatable bonds is 1. The van der Waals surface area contributed by atoms with Gasteiger partial charge in [-0.1, -0.05) is 69.7 Å². The van der Waals surface area contributed by atoms with Crippen LogP contribution >= 0.6 is 0 Å². The number of aryl methyl sites for hydroxylation is 1. The second-order valence-corrected chi connectivity index (χ2v) is 12.6. The Bertz CT molecular complexity index is 1360. The first kappa shape index (κ1) is 22.1. The van der Waals surface area contributed by atoms with Gasteiger partial charge in [-0.3, -0.25) is 0 Å². The van der Waals surface area contributed by atoms with E-state index in [1.54, 1.807) is 0 Å².